The third kappa shape index (κ3) is 2.61. The average Bonchev–Trinajstić information content (AvgIpc) is 2.80. The molecule has 0 unspecified atom stereocenters. The van der Waals surface area contributed by atoms with Gasteiger partial charge in [-0.15, -0.1) is 0 Å². The molecule has 0 saturated heterocycles. The van der Waals surface area contributed by atoms with Crippen molar-refractivity contribution < 1.29 is 4.74 Å². The zero-order valence-corrected chi connectivity index (χ0v) is 12.4. The van der Waals surface area contributed by atoms with E-state index in [1.807, 2.05) is 0 Å². The molecule has 1 fully saturated rings. The summed E-state index contributed by atoms with van der Waals surface area (Å²) in [6.07, 6.45) is 6.10. The van der Waals surface area contributed by atoms with Gasteiger partial charge in [0, 0.05) is 18.0 Å². The molecule has 1 N–H and O–H groups in total. The standard InChI is InChI=1S/C16H22ClNO/c1-2-18-11-16(5-3-6-16)10-13-9-14(17)8-12-4-7-19-15(12)13/h8-9,18H,2-7,10-11H2,1H3. The van der Waals surface area contributed by atoms with Gasteiger partial charge in [-0.1, -0.05) is 24.9 Å². The number of fused-ring (bicyclic) bond motifs is 1. The summed E-state index contributed by atoms with van der Waals surface area (Å²) < 4.78 is 5.82. The Bertz CT molecular complexity index is 468. The average molecular weight is 280 g/mol. The maximum atomic E-state index is 6.25. The second-order valence-electron chi connectivity index (χ2n) is 5.96. The summed E-state index contributed by atoms with van der Waals surface area (Å²) in [5.41, 5.74) is 3.04. The Labute approximate surface area is 120 Å². The smallest absolute Gasteiger partial charge is 0.125 e. The van der Waals surface area contributed by atoms with E-state index in [1.54, 1.807) is 0 Å². The summed E-state index contributed by atoms with van der Waals surface area (Å²) >= 11 is 6.25. The molecule has 1 heterocycles. The zero-order chi connectivity index (χ0) is 13.3. The van der Waals surface area contributed by atoms with Crippen molar-refractivity contribution in [2.75, 3.05) is 19.7 Å². The first-order chi connectivity index (χ1) is 9.22. The van der Waals surface area contributed by atoms with Crippen LogP contribution in [0, 0.1) is 5.41 Å². The van der Waals surface area contributed by atoms with Crippen molar-refractivity contribution >= 4 is 11.6 Å². The van der Waals surface area contributed by atoms with Crippen molar-refractivity contribution in [3.63, 3.8) is 0 Å². The van der Waals surface area contributed by atoms with E-state index in [0.29, 0.717) is 5.41 Å². The molecule has 0 bridgehead atoms. The number of halogens is 1. The van der Waals surface area contributed by atoms with Crippen LogP contribution in [0.1, 0.15) is 37.3 Å². The molecule has 1 aliphatic carbocycles. The fraction of sp³-hybridized carbons (Fsp3) is 0.625. The highest BCUT2D eigenvalue weighted by molar-refractivity contribution is 6.30. The van der Waals surface area contributed by atoms with E-state index >= 15 is 0 Å². The zero-order valence-electron chi connectivity index (χ0n) is 11.6. The summed E-state index contributed by atoms with van der Waals surface area (Å²) in [5, 5.41) is 4.38. The van der Waals surface area contributed by atoms with Gasteiger partial charge in [0.05, 0.1) is 6.61 Å². The SMILES string of the molecule is CCNCC1(Cc2cc(Cl)cc3c2OCC3)CCC1. The maximum absolute atomic E-state index is 6.25. The minimum atomic E-state index is 0.431. The fourth-order valence-electron chi connectivity index (χ4n) is 3.36. The second kappa shape index (κ2) is 5.34. The molecule has 0 spiro atoms. The molecule has 1 aromatic rings. The van der Waals surface area contributed by atoms with Crippen molar-refractivity contribution in [3.05, 3.63) is 28.3 Å². The summed E-state index contributed by atoms with van der Waals surface area (Å²) in [4.78, 5) is 0. The summed E-state index contributed by atoms with van der Waals surface area (Å²) in [6, 6.07) is 4.17. The van der Waals surface area contributed by atoms with Crippen LogP contribution in [0.15, 0.2) is 12.1 Å². The molecule has 3 heteroatoms. The van der Waals surface area contributed by atoms with Crippen molar-refractivity contribution in [2.45, 2.75) is 39.0 Å². The number of benzene rings is 1. The molecule has 1 saturated carbocycles. The van der Waals surface area contributed by atoms with Crippen LogP contribution in [0.25, 0.3) is 0 Å². The highest BCUT2D eigenvalue weighted by Gasteiger charge is 2.37. The van der Waals surface area contributed by atoms with Crippen LogP contribution in [-0.2, 0) is 12.8 Å². The van der Waals surface area contributed by atoms with Crippen molar-refractivity contribution in [2.24, 2.45) is 5.41 Å². The van der Waals surface area contributed by atoms with Gasteiger partial charge in [0.15, 0.2) is 0 Å². The topological polar surface area (TPSA) is 21.3 Å². The molecule has 0 aromatic heterocycles. The number of hydrogen-bond acceptors (Lipinski definition) is 2. The summed E-state index contributed by atoms with van der Waals surface area (Å²) in [6.45, 7) is 5.14. The van der Waals surface area contributed by atoms with E-state index in [2.05, 4.69) is 24.4 Å². The molecule has 104 valence electrons. The molecule has 19 heavy (non-hydrogen) atoms. The minimum Gasteiger partial charge on any atom is -0.493 e. The lowest BCUT2D eigenvalue weighted by atomic mass is 9.65. The number of rotatable bonds is 5. The van der Waals surface area contributed by atoms with Gasteiger partial charge in [0.2, 0.25) is 0 Å². The third-order valence-corrected chi connectivity index (χ3v) is 4.77. The highest BCUT2D eigenvalue weighted by atomic mass is 35.5. The summed E-state index contributed by atoms with van der Waals surface area (Å²) in [5.74, 6) is 1.12. The van der Waals surface area contributed by atoms with Crippen LogP contribution in [0.2, 0.25) is 5.02 Å². The van der Waals surface area contributed by atoms with E-state index in [9.17, 15) is 0 Å². The Morgan fingerprint density at radius 2 is 2.21 bits per heavy atom. The molecule has 2 nitrogen and oxygen atoms in total. The molecule has 1 aromatic carbocycles. The van der Waals surface area contributed by atoms with Gasteiger partial charge in [0.1, 0.15) is 5.75 Å². The molecular weight excluding hydrogens is 258 g/mol. The van der Waals surface area contributed by atoms with Crippen molar-refractivity contribution in [1.82, 2.24) is 5.32 Å². The van der Waals surface area contributed by atoms with Crippen LogP contribution in [0.5, 0.6) is 5.75 Å². The number of hydrogen-bond donors (Lipinski definition) is 1. The lowest BCUT2D eigenvalue weighted by Gasteiger charge is -2.42. The van der Waals surface area contributed by atoms with E-state index in [4.69, 9.17) is 16.3 Å². The lowest BCUT2D eigenvalue weighted by molar-refractivity contribution is 0.130. The van der Waals surface area contributed by atoms with Gasteiger partial charge in [0.25, 0.3) is 0 Å². The monoisotopic (exact) mass is 279 g/mol. The number of nitrogens with one attached hydrogen (secondary N) is 1. The quantitative estimate of drug-likeness (QED) is 0.889. The largest absolute Gasteiger partial charge is 0.493 e. The minimum absolute atomic E-state index is 0.431. The first kappa shape index (κ1) is 13.3. The van der Waals surface area contributed by atoms with Gasteiger partial charge >= 0.3 is 0 Å². The molecule has 2 aliphatic rings. The van der Waals surface area contributed by atoms with Gasteiger partial charge in [-0.2, -0.15) is 0 Å². The maximum Gasteiger partial charge on any atom is 0.125 e. The molecule has 0 atom stereocenters. The highest BCUT2D eigenvalue weighted by Crippen LogP contribution is 2.46. The first-order valence-electron chi connectivity index (χ1n) is 7.37. The molecule has 0 radical (unpaired) electrons. The van der Waals surface area contributed by atoms with Crippen LogP contribution in [0.4, 0.5) is 0 Å². The normalized spacial score (nSPS) is 19.7. The van der Waals surface area contributed by atoms with Crippen LogP contribution < -0.4 is 10.1 Å². The Morgan fingerprint density at radius 1 is 1.37 bits per heavy atom. The molecule has 0 amide bonds. The molecule has 3 rings (SSSR count). The Morgan fingerprint density at radius 3 is 2.89 bits per heavy atom. The second-order valence-corrected chi connectivity index (χ2v) is 6.40. The van der Waals surface area contributed by atoms with Gasteiger partial charge < -0.3 is 10.1 Å². The Kier molecular flexibility index (Phi) is 3.72. The first-order valence-corrected chi connectivity index (χ1v) is 7.75. The van der Waals surface area contributed by atoms with Crippen LogP contribution in [-0.4, -0.2) is 19.7 Å². The van der Waals surface area contributed by atoms with Gasteiger partial charge in [-0.3, -0.25) is 0 Å². The van der Waals surface area contributed by atoms with Crippen LogP contribution in [0.3, 0.4) is 0 Å². The Balaban J connectivity index is 1.82. The van der Waals surface area contributed by atoms with Crippen LogP contribution >= 0.6 is 11.6 Å². The third-order valence-electron chi connectivity index (χ3n) is 4.56. The van der Waals surface area contributed by atoms with E-state index < -0.39 is 0 Å². The van der Waals surface area contributed by atoms with Gasteiger partial charge in [-0.05, 0) is 54.5 Å². The van der Waals surface area contributed by atoms with Gasteiger partial charge in [-0.25, -0.2) is 0 Å². The van der Waals surface area contributed by atoms with Crippen molar-refractivity contribution in [3.8, 4) is 5.75 Å². The number of ether oxygens (including phenoxy) is 1. The predicted octanol–water partition coefficient (Wildman–Crippen LogP) is 3.60. The van der Waals surface area contributed by atoms with Crippen molar-refractivity contribution in [1.29, 1.82) is 0 Å². The van der Waals surface area contributed by atoms with E-state index in [0.717, 1.165) is 43.3 Å². The summed E-state index contributed by atoms with van der Waals surface area (Å²) in [7, 11) is 0. The predicted molar refractivity (Wildman–Crippen MR) is 79.2 cm³/mol. The van der Waals surface area contributed by atoms with E-state index in [1.165, 1.54) is 30.4 Å². The Hall–Kier alpha value is -0.730. The lowest BCUT2D eigenvalue weighted by Crippen LogP contribution is -2.41. The molecular formula is C16H22ClNO. The van der Waals surface area contributed by atoms with E-state index in [-0.39, 0.29) is 0 Å². The fourth-order valence-corrected chi connectivity index (χ4v) is 3.63. The molecule has 1 aliphatic heterocycles.